The van der Waals surface area contributed by atoms with Gasteiger partial charge in [-0.2, -0.15) is 5.26 Å². The van der Waals surface area contributed by atoms with Gasteiger partial charge in [-0.3, -0.25) is 0 Å². The lowest BCUT2D eigenvalue weighted by molar-refractivity contribution is 1.27. The van der Waals surface area contributed by atoms with Gasteiger partial charge >= 0.3 is 0 Å². The van der Waals surface area contributed by atoms with Crippen LogP contribution in [0.4, 0.5) is 5.69 Å². The summed E-state index contributed by atoms with van der Waals surface area (Å²) < 4.78 is 0. The number of nitriles is 1. The first kappa shape index (κ1) is 10.3. The van der Waals surface area contributed by atoms with E-state index in [-0.39, 0.29) is 0 Å². The summed E-state index contributed by atoms with van der Waals surface area (Å²) in [5.41, 5.74) is 9.61. The van der Waals surface area contributed by atoms with Gasteiger partial charge in [-0.1, -0.05) is 36.4 Å². The fraction of sp³-hybridized carbons (Fsp3) is 0.0714. The predicted molar refractivity (Wildman–Crippen MR) is 65.6 cm³/mol. The Kier molecular flexibility index (Phi) is 2.88. The van der Waals surface area contributed by atoms with Crippen LogP contribution in [0.5, 0.6) is 0 Å². The van der Waals surface area contributed by atoms with E-state index in [4.69, 9.17) is 11.0 Å². The smallest absolute Gasteiger partial charge is 0.0670 e. The molecule has 0 aliphatic rings. The van der Waals surface area contributed by atoms with Crippen molar-refractivity contribution in [1.82, 2.24) is 0 Å². The molecule has 2 nitrogen and oxygen atoms in total. The molecule has 0 aliphatic carbocycles. The number of nitrogens with two attached hydrogens (primary N) is 1. The van der Waals surface area contributed by atoms with E-state index in [0.717, 1.165) is 16.7 Å². The zero-order valence-electron chi connectivity index (χ0n) is 8.85. The first-order valence-electron chi connectivity index (χ1n) is 5.12. The SMILES string of the molecule is N#CCc1cc(-c2ccccc2)ccc1N. The number of benzene rings is 2. The molecule has 0 amide bonds. The monoisotopic (exact) mass is 208 g/mol. The van der Waals surface area contributed by atoms with Gasteiger partial charge in [0.05, 0.1) is 12.5 Å². The van der Waals surface area contributed by atoms with Gasteiger partial charge in [0.25, 0.3) is 0 Å². The van der Waals surface area contributed by atoms with Crippen molar-refractivity contribution in [1.29, 1.82) is 5.26 Å². The highest BCUT2D eigenvalue weighted by atomic mass is 14.6. The molecule has 0 saturated carbocycles. The second kappa shape index (κ2) is 4.50. The minimum Gasteiger partial charge on any atom is -0.398 e. The van der Waals surface area contributed by atoms with E-state index in [0.29, 0.717) is 12.1 Å². The van der Waals surface area contributed by atoms with Gasteiger partial charge < -0.3 is 5.73 Å². The Morgan fingerprint density at radius 3 is 2.44 bits per heavy atom. The summed E-state index contributed by atoms with van der Waals surface area (Å²) in [7, 11) is 0. The van der Waals surface area contributed by atoms with Gasteiger partial charge in [0, 0.05) is 5.69 Å². The Bertz CT molecular complexity index is 524. The molecule has 2 aromatic carbocycles. The molecule has 0 radical (unpaired) electrons. The van der Waals surface area contributed by atoms with Gasteiger partial charge in [-0.25, -0.2) is 0 Å². The molecule has 16 heavy (non-hydrogen) atoms. The summed E-state index contributed by atoms with van der Waals surface area (Å²) in [5, 5.41) is 8.70. The molecule has 2 aromatic rings. The van der Waals surface area contributed by atoms with Crippen molar-refractivity contribution in [3.63, 3.8) is 0 Å². The van der Waals surface area contributed by atoms with Gasteiger partial charge in [0.15, 0.2) is 0 Å². The number of nitrogens with zero attached hydrogens (tertiary/aromatic N) is 1. The van der Waals surface area contributed by atoms with Crippen LogP contribution in [0.1, 0.15) is 5.56 Å². The second-order valence-corrected chi connectivity index (χ2v) is 3.61. The molecule has 0 aromatic heterocycles. The van der Waals surface area contributed by atoms with Gasteiger partial charge in [-0.15, -0.1) is 0 Å². The summed E-state index contributed by atoms with van der Waals surface area (Å²) in [6.45, 7) is 0. The van der Waals surface area contributed by atoms with Crippen LogP contribution >= 0.6 is 0 Å². The lowest BCUT2D eigenvalue weighted by Gasteiger charge is -2.06. The molecular weight excluding hydrogens is 196 g/mol. The van der Waals surface area contributed by atoms with Crippen LogP contribution in [0.3, 0.4) is 0 Å². The summed E-state index contributed by atoms with van der Waals surface area (Å²) in [6.07, 6.45) is 0.354. The molecule has 0 heterocycles. The Morgan fingerprint density at radius 2 is 1.75 bits per heavy atom. The molecule has 2 heteroatoms. The van der Waals surface area contributed by atoms with Crippen molar-refractivity contribution < 1.29 is 0 Å². The second-order valence-electron chi connectivity index (χ2n) is 3.61. The normalized spacial score (nSPS) is 9.69. The molecule has 0 unspecified atom stereocenters. The molecule has 0 spiro atoms. The Morgan fingerprint density at radius 1 is 1.00 bits per heavy atom. The maximum Gasteiger partial charge on any atom is 0.0670 e. The standard InChI is InChI=1S/C14H12N2/c15-9-8-13-10-12(6-7-14(13)16)11-4-2-1-3-5-11/h1-7,10H,8,16H2. The quantitative estimate of drug-likeness (QED) is 0.771. The zero-order valence-corrected chi connectivity index (χ0v) is 8.85. The zero-order chi connectivity index (χ0) is 11.4. The average Bonchev–Trinajstić information content (AvgIpc) is 2.33. The molecule has 2 rings (SSSR count). The summed E-state index contributed by atoms with van der Waals surface area (Å²) >= 11 is 0. The Hall–Kier alpha value is -2.27. The highest BCUT2D eigenvalue weighted by Gasteiger charge is 2.02. The summed E-state index contributed by atoms with van der Waals surface area (Å²) in [4.78, 5) is 0. The number of anilines is 1. The molecule has 0 saturated heterocycles. The third kappa shape index (κ3) is 2.04. The van der Waals surface area contributed by atoms with Crippen molar-refractivity contribution in [3.8, 4) is 17.2 Å². The van der Waals surface area contributed by atoms with Crippen LogP contribution in [0.25, 0.3) is 11.1 Å². The van der Waals surface area contributed by atoms with E-state index in [2.05, 4.69) is 6.07 Å². The minimum atomic E-state index is 0.354. The molecule has 0 fully saturated rings. The lowest BCUT2D eigenvalue weighted by Crippen LogP contribution is -1.93. The van der Waals surface area contributed by atoms with Crippen molar-refractivity contribution in [2.24, 2.45) is 0 Å². The molecule has 0 aliphatic heterocycles. The summed E-state index contributed by atoms with van der Waals surface area (Å²) in [6, 6.07) is 18.0. The highest BCUT2D eigenvalue weighted by Crippen LogP contribution is 2.23. The molecule has 0 atom stereocenters. The predicted octanol–water partition coefficient (Wildman–Crippen LogP) is 3.00. The third-order valence-electron chi connectivity index (χ3n) is 2.52. The van der Waals surface area contributed by atoms with E-state index in [9.17, 15) is 0 Å². The number of rotatable bonds is 2. The van der Waals surface area contributed by atoms with Crippen molar-refractivity contribution in [2.45, 2.75) is 6.42 Å². The van der Waals surface area contributed by atoms with Crippen LogP contribution in [0.15, 0.2) is 48.5 Å². The highest BCUT2D eigenvalue weighted by molar-refractivity contribution is 5.67. The lowest BCUT2D eigenvalue weighted by atomic mass is 10.0. The third-order valence-corrected chi connectivity index (χ3v) is 2.52. The fourth-order valence-corrected chi connectivity index (χ4v) is 1.65. The number of nitrogen functional groups attached to an aromatic ring is 1. The molecule has 78 valence electrons. The van der Waals surface area contributed by atoms with Crippen LogP contribution in [-0.4, -0.2) is 0 Å². The maximum absolute atomic E-state index is 8.70. The van der Waals surface area contributed by atoms with E-state index in [1.54, 1.807) is 0 Å². The van der Waals surface area contributed by atoms with Gasteiger partial charge in [0.2, 0.25) is 0 Å². The average molecular weight is 208 g/mol. The van der Waals surface area contributed by atoms with Crippen LogP contribution in [0, 0.1) is 11.3 Å². The summed E-state index contributed by atoms with van der Waals surface area (Å²) in [5.74, 6) is 0. The van der Waals surface area contributed by atoms with Crippen molar-refractivity contribution in [2.75, 3.05) is 5.73 Å². The molecule has 2 N–H and O–H groups in total. The van der Waals surface area contributed by atoms with Crippen LogP contribution < -0.4 is 5.73 Å². The van der Waals surface area contributed by atoms with Crippen molar-refractivity contribution in [3.05, 3.63) is 54.1 Å². The number of hydrogen-bond acceptors (Lipinski definition) is 2. The molecular formula is C14H12N2. The number of hydrogen-bond donors (Lipinski definition) is 1. The minimum absolute atomic E-state index is 0.354. The first-order chi connectivity index (χ1) is 7.81. The first-order valence-corrected chi connectivity index (χ1v) is 5.12. The largest absolute Gasteiger partial charge is 0.398 e. The molecule has 0 bridgehead atoms. The Labute approximate surface area is 95.0 Å². The van der Waals surface area contributed by atoms with E-state index in [1.165, 1.54) is 0 Å². The Balaban J connectivity index is 2.45. The fourth-order valence-electron chi connectivity index (χ4n) is 1.65. The topological polar surface area (TPSA) is 49.8 Å². The van der Waals surface area contributed by atoms with E-state index < -0.39 is 0 Å². The van der Waals surface area contributed by atoms with Crippen LogP contribution in [0.2, 0.25) is 0 Å². The van der Waals surface area contributed by atoms with Gasteiger partial charge in [0.1, 0.15) is 0 Å². The van der Waals surface area contributed by atoms with E-state index >= 15 is 0 Å². The van der Waals surface area contributed by atoms with Crippen molar-refractivity contribution >= 4 is 5.69 Å². The van der Waals surface area contributed by atoms with E-state index in [1.807, 2.05) is 48.5 Å². The van der Waals surface area contributed by atoms with Gasteiger partial charge in [-0.05, 0) is 28.8 Å². The maximum atomic E-state index is 8.70. The van der Waals surface area contributed by atoms with Crippen LogP contribution in [-0.2, 0) is 6.42 Å².